The van der Waals surface area contributed by atoms with Crippen LogP contribution in [0.2, 0.25) is 0 Å². The third-order valence-corrected chi connectivity index (χ3v) is 5.47. The van der Waals surface area contributed by atoms with Crippen LogP contribution in [-0.2, 0) is 6.54 Å². The van der Waals surface area contributed by atoms with Gasteiger partial charge in [0.05, 0.1) is 25.5 Å². The second-order valence-electron chi connectivity index (χ2n) is 6.34. The minimum atomic E-state index is -0.177. The van der Waals surface area contributed by atoms with Gasteiger partial charge in [-0.25, -0.2) is 4.98 Å². The third-order valence-electron chi connectivity index (χ3n) is 4.62. The molecule has 0 bridgehead atoms. The molecule has 0 aliphatic rings. The van der Waals surface area contributed by atoms with Gasteiger partial charge in [-0.05, 0) is 11.6 Å². The summed E-state index contributed by atoms with van der Waals surface area (Å²) in [5.74, 6) is 0.904. The summed E-state index contributed by atoms with van der Waals surface area (Å²) in [4.78, 5) is 21.2. The number of benzene rings is 2. The molecule has 6 nitrogen and oxygen atoms in total. The van der Waals surface area contributed by atoms with Crippen molar-refractivity contribution in [2.45, 2.75) is 11.7 Å². The molecule has 0 amide bonds. The van der Waals surface area contributed by atoms with Crippen molar-refractivity contribution in [3.8, 4) is 22.9 Å². The van der Waals surface area contributed by atoms with Gasteiger partial charge in [0.25, 0.3) is 5.56 Å². The van der Waals surface area contributed by atoms with E-state index in [-0.39, 0.29) is 11.3 Å². The van der Waals surface area contributed by atoms with E-state index in [4.69, 9.17) is 15.0 Å². The van der Waals surface area contributed by atoms with Crippen molar-refractivity contribution in [1.82, 2.24) is 14.5 Å². The lowest BCUT2D eigenvalue weighted by Crippen LogP contribution is -2.24. The lowest BCUT2D eigenvalue weighted by atomic mass is 10.1. The molecular weight excluding hydrogens is 384 g/mol. The van der Waals surface area contributed by atoms with Crippen LogP contribution in [0.5, 0.6) is 5.75 Å². The maximum Gasteiger partial charge on any atom is 0.278 e. The summed E-state index contributed by atoms with van der Waals surface area (Å²) in [6.07, 6.45) is 1.81. The van der Waals surface area contributed by atoms with Crippen LogP contribution in [0.25, 0.3) is 22.2 Å². The molecule has 7 heteroatoms. The number of hydrogen-bond acceptors (Lipinski definition) is 5. The number of para-hydroxylation sites is 1. The van der Waals surface area contributed by atoms with E-state index < -0.39 is 0 Å². The molecule has 1 N–H and O–H groups in total. The second-order valence-corrected chi connectivity index (χ2v) is 7.28. The molecule has 4 aromatic rings. The molecule has 0 aliphatic heterocycles. The summed E-state index contributed by atoms with van der Waals surface area (Å²) >= 11 is 1.25. The highest BCUT2D eigenvalue weighted by Gasteiger charge is 2.17. The topological polar surface area (TPSA) is 83.7 Å². The van der Waals surface area contributed by atoms with E-state index in [0.29, 0.717) is 28.5 Å². The van der Waals surface area contributed by atoms with Gasteiger partial charge in [0.2, 0.25) is 0 Å². The monoisotopic (exact) mass is 402 g/mol. The number of methoxy groups -OCH3 is 1. The summed E-state index contributed by atoms with van der Waals surface area (Å²) in [5, 5.41) is 9.56. The van der Waals surface area contributed by atoms with Gasteiger partial charge in [0.15, 0.2) is 5.16 Å². The van der Waals surface area contributed by atoms with Crippen molar-refractivity contribution in [2.24, 2.45) is 0 Å². The van der Waals surface area contributed by atoms with Crippen molar-refractivity contribution in [3.63, 3.8) is 0 Å². The van der Waals surface area contributed by atoms with Crippen LogP contribution in [0, 0.1) is 11.3 Å². The Bertz CT molecular complexity index is 1260. The van der Waals surface area contributed by atoms with Crippen molar-refractivity contribution >= 4 is 22.8 Å². The first kappa shape index (κ1) is 18.8. The standard InChI is InChI=1S/C22H18N4O2S/c1-28-18-10-6-5-9-16(18)14-26-21(27)20-19(25-22(26)29-12-11-23)17(13-24-20)15-7-3-2-4-8-15/h2-10,13,24H,12,14H2,1H3. The predicted octanol–water partition coefficient (Wildman–Crippen LogP) is 4.06. The van der Waals surface area contributed by atoms with E-state index in [2.05, 4.69) is 11.1 Å². The van der Waals surface area contributed by atoms with Gasteiger partial charge in [-0.2, -0.15) is 5.26 Å². The van der Waals surface area contributed by atoms with Crippen LogP contribution in [0.4, 0.5) is 0 Å². The Balaban J connectivity index is 1.89. The fourth-order valence-corrected chi connectivity index (χ4v) is 3.91. The van der Waals surface area contributed by atoms with Gasteiger partial charge >= 0.3 is 0 Å². The number of nitrogens with zero attached hydrogens (tertiary/aromatic N) is 3. The lowest BCUT2D eigenvalue weighted by molar-refractivity contribution is 0.407. The van der Waals surface area contributed by atoms with E-state index in [1.54, 1.807) is 17.9 Å². The van der Waals surface area contributed by atoms with E-state index in [1.165, 1.54) is 11.8 Å². The molecule has 2 aromatic carbocycles. The number of aromatic nitrogens is 3. The van der Waals surface area contributed by atoms with Crippen molar-refractivity contribution in [1.29, 1.82) is 5.26 Å². The number of nitriles is 1. The van der Waals surface area contributed by atoms with Gasteiger partial charge in [-0.3, -0.25) is 9.36 Å². The number of H-pyrrole nitrogens is 1. The van der Waals surface area contributed by atoms with E-state index in [1.807, 2.05) is 54.6 Å². The largest absolute Gasteiger partial charge is 0.496 e. The number of nitrogens with one attached hydrogen (secondary N) is 1. The molecule has 29 heavy (non-hydrogen) atoms. The van der Waals surface area contributed by atoms with Crippen LogP contribution < -0.4 is 10.3 Å². The minimum absolute atomic E-state index is 0.177. The maximum absolute atomic E-state index is 13.3. The first-order valence-electron chi connectivity index (χ1n) is 9.02. The zero-order valence-electron chi connectivity index (χ0n) is 15.8. The number of fused-ring (bicyclic) bond motifs is 1. The van der Waals surface area contributed by atoms with Crippen molar-refractivity contribution < 1.29 is 4.74 Å². The molecule has 144 valence electrons. The number of ether oxygens (including phenoxy) is 1. The maximum atomic E-state index is 13.3. The molecule has 2 heterocycles. The van der Waals surface area contributed by atoms with Crippen LogP contribution >= 0.6 is 11.8 Å². The number of thioether (sulfide) groups is 1. The third kappa shape index (κ3) is 3.62. The average Bonchev–Trinajstić information content (AvgIpc) is 3.19. The molecule has 0 spiro atoms. The Morgan fingerprint density at radius 3 is 2.69 bits per heavy atom. The van der Waals surface area contributed by atoms with Gasteiger partial charge in [0.1, 0.15) is 16.8 Å². The Morgan fingerprint density at radius 2 is 1.93 bits per heavy atom. The summed E-state index contributed by atoms with van der Waals surface area (Å²) in [6.45, 7) is 0.305. The highest BCUT2D eigenvalue weighted by molar-refractivity contribution is 7.99. The molecule has 0 atom stereocenters. The molecule has 0 saturated carbocycles. The van der Waals surface area contributed by atoms with Gasteiger partial charge in [-0.1, -0.05) is 60.3 Å². The molecule has 0 radical (unpaired) electrons. The molecule has 0 aliphatic carbocycles. The lowest BCUT2D eigenvalue weighted by Gasteiger charge is -2.14. The van der Waals surface area contributed by atoms with E-state index in [0.717, 1.165) is 16.7 Å². The normalized spacial score (nSPS) is 10.8. The van der Waals surface area contributed by atoms with Gasteiger partial charge < -0.3 is 9.72 Å². The van der Waals surface area contributed by atoms with E-state index in [9.17, 15) is 4.79 Å². The average molecular weight is 402 g/mol. The fraction of sp³-hybridized carbons (Fsp3) is 0.136. The summed E-state index contributed by atoms with van der Waals surface area (Å²) in [5.41, 5.74) is 3.58. The zero-order chi connectivity index (χ0) is 20.2. The number of aromatic amines is 1. The fourth-order valence-electron chi connectivity index (χ4n) is 3.26. The minimum Gasteiger partial charge on any atom is -0.496 e. The molecule has 4 rings (SSSR count). The summed E-state index contributed by atoms with van der Waals surface area (Å²) < 4.78 is 7.02. The SMILES string of the molecule is COc1ccccc1Cn1c(SCC#N)nc2c(-c3ccccc3)c[nH]c2c1=O. The Kier molecular flexibility index (Phi) is 5.36. The molecule has 0 fully saturated rings. The zero-order valence-corrected chi connectivity index (χ0v) is 16.6. The highest BCUT2D eigenvalue weighted by Crippen LogP contribution is 2.28. The summed E-state index contributed by atoms with van der Waals surface area (Å²) in [7, 11) is 1.60. The Labute approximate surface area is 171 Å². The summed E-state index contributed by atoms with van der Waals surface area (Å²) in [6, 6.07) is 19.5. The van der Waals surface area contributed by atoms with Crippen LogP contribution in [0.3, 0.4) is 0 Å². The molecule has 0 saturated heterocycles. The first-order valence-corrected chi connectivity index (χ1v) is 10.0. The van der Waals surface area contributed by atoms with Crippen molar-refractivity contribution in [2.75, 3.05) is 12.9 Å². The van der Waals surface area contributed by atoms with Crippen molar-refractivity contribution in [3.05, 3.63) is 76.7 Å². The predicted molar refractivity (Wildman–Crippen MR) is 114 cm³/mol. The number of rotatable bonds is 6. The molecule has 0 unspecified atom stereocenters. The first-order chi connectivity index (χ1) is 14.2. The molecule has 2 aromatic heterocycles. The van der Waals surface area contributed by atoms with Gasteiger partial charge in [-0.15, -0.1) is 0 Å². The quantitative estimate of drug-likeness (QED) is 0.388. The van der Waals surface area contributed by atoms with Gasteiger partial charge in [0, 0.05) is 17.3 Å². The Morgan fingerprint density at radius 1 is 1.17 bits per heavy atom. The highest BCUT2D eigenvalue weighted by atomic mass is 32.2. The van der Waals surface area contributed by atoms with Crippen LogP contribution in [0.15, 0.2) is 70.7 Å². The van der Waals surface area contributed by atoms with Crippen LogP contribution in [0.1, 0.15) is 5.56 Å². The van der Waals surface area contributed by atoms with E-state index >= 15 is 0 Å². The second kappa shape index (κ2) is 8.25. The Hall–Kier alpha value is -3.50. The smallest absolute Gasteiger partial charge is 0.278 e. The van der Waals surface area contributed by atoms with Crippen LogP contribution in [-0.4, -0.2) is 27.4 Å². The molecular formula is C22H18N4O2S. The number of hydrogen-bond donors (Lipinski definition) is 1.